The van der Waals surface area contributed by atoms with Gasteiger partial charge in [0.05, 0.1) is 22.4 Å². The number of furan rings is 1. The molecule has 6 heteroatoms. The van der Waals surface area contributed by atoms with Crippen molar-refractivity contribution in [3.05, 3.63) is 144 Å². The van der Waals surface area contributed by atoms with E-state index in [4.69, 9.17) is 13.5 Å². The molecule has 0 aliphatic heterocycles. The predicted molar refractivity (Wildman–Crippen MR) is 217 cm³/mol. The summed E-state index contributed by atoms with van der Waals surface area (Å²) in [6, 6.07) is 45.2. The van der Waals surface area contributed by atoms with Crippen LogP contribution in [0.25, 0.3) is 61.3 Å². The Morgan fingerprint density at radius 2 is 1.42 bits per heavy atom. The Hall–Kier alpha value is -4.29. The summed E-state index contributed by atoms with van der Waals surface area (Å²) in [5.41, 5.74) is 10.3. The number of para-hydroxylation sites is 4. The molecule has 8 rings (SSSR count). The molecule has 0 amide bonds. The maximum absolute atomic E-state index is 7.74. The molecule has 0 aliphatic rings. The molecule has 8 aromatic rings. The van der Waals surface area contributed by atoms with Crippen molar-refractivity contribution < 1.29 is 28.6 Å². The maximum atomic E-state index is 7.74. The Bertz CT molecular complexity index is 2580. The van der Waals surface area contributed by atoms with Gasteiger partial charge < -0.3 is 8.98 Å². The Labute approximate surface area is 328 Å². The summed E-state index contributed by atoms with van der Waals surface area (Å²) in [5, 5.41) is 2.20. The van der Waals surface area contributed by atoms with Gasteiger partial charge in [-0.1, -0.05) is 87.2 Å². The van der Waals surface area contributed by atoms with Crippen molar-refractivity contribution in [2.45, 2.75) is 63.7 Å². The van der Waals surface area contributed by atoms with Crippen LogP contribution in [-0.2, 0) is 20.1 Å². The van der Waals surface area contributed by atoms with E-state index in [0.29, 0.717) is 17.5 Å². The van der Waals surface area contributed by atoms with Crippen LogP contribution in [0.15, 0.2) is 120 Å². The second-order valence-electron chi connectivity index (χ2n) is 14.7. The maximum Gasteiger partial charge on any atom is 0 e. The van der Waals surface area contributed by atoms with Gasteiger partial charge in [0.1, 0.15) is 5.58 Å². The molecular weight excluding hydrogens is 875 g/mol. The fraction of sp³-hybridized carbons (Fsp3) is 0.217. The molecule has 0 saturated heterocycles. The normalized spacial score (nSPS) is 12.8. The SMILES string of the molecule is CC(C)c1cccc(C(C)C)c1-n1c(-c2[c-]ccc3c2oc2ccccc23)nc2ccccc21.[2H]C([2H])([2H])c1nc(-c2[c-]cccc2)cc[c]1[Ge]([CH3])([CH3])[CH3].[Ir]. The van der Waals surface area contributed by atoms with E-state index in [9.17, 15) is 0 Å². The van der Waals surface area contributed by atoms with Crippen molar-refractivity contribution in [2.75, 3.05) is 0 Å². The number of hydrogen-bond donors (Lipinski definition) is 0. The predicted octanol–water partition coefficient (Wildman–Crippen LogP) is 12.0. The van der Waals surface area contributed by atoms with Crippen molar-refractivity contribution in [1.29, 1.82) is 0 Å². The minimum atomic E-state index is -2.27. The fourth-order valence-corrected chi connectivity index (χ4v) is 9.65. The van der Waals surface area contributed by atoms with Crippen LogP contribution in [-0.4, -0.2) is 27.8 Å². The molecule has 0 saturated carbocycles. The molecule has 1 radical (unpaired) electrons. The van der Waals surface area contributed by atoms with Crippen LogP contribution in [0, 0.1) is 19.0 Å². The molecular formula is C46H45GeIrN3O-2. The molecule has 0 unspecified atom stereocenters. The van der Waals surface area contributed by atoms with Crippen molar-refractivity contribution >= 4 is 50.6 Å². The standard InChI is InChI=1S/C31H27N2O.C15H18GeN.Ir/c1-19(2)21-12-9-13-22(20(3)4)29(21)33-27-17-7-6-16-26(27)32-31(33)25-15-10-14-24-23-11-5-8-18-28(23)34-30(24)25;1-12-14(16(2,3)4)10-11-15(17-12)13-8-6-5-7-9-13;/h5-14,16-20H,1-4H3;5-8,10-11H,1-4H3;/q2*-1;/i;1D3;. The zero-order valence-electron chi connectivity index (χ0n) is 33.7. The van der Waals surface area contributed by atoms with E-state index in [0.717, 1.165) is 54.3 Å². The van der Waals surface area contributed by atoms with Gasteiger partial charge in [-0.15, -0.1) is 18.2 Å². The zero-order valence-corrected chi connectivity index (χ0v) is 35.2. The van der Waals surface area contributed by atoms with Gasteiger partial charge in [0.25, 0.3) is 0 Å². The number of aryl methyl sites for hydroxylation is 1. The van der Waals surface area contributed by atoms with Crippen LogP contribution >= 0.6 is 0 Å². The minimum absolute atomic E-state index is 0. The number of rotatable bonds is 6. The monoisotopic (exact) mass is 925 g/mol. The van der Waals surface area contributed by atoms with Crippen LogP contribution in [0.4, 0.5) is 0 Å². The average Bonchev–Trinajstić information content (AvgIpc) is 3.73. The summed E-state index contributed by atoms with van der Waals surface area (Å²) in [5.74, 6) is 8.14. The van der Waals surface area contributed by atoms with Crippen LogP contribution < -0.4 is 4.40 Å². The van der Waals surface area contributed by atoms with Crippen molar-refractivity contribution in [3.8, 4) is 28.3 Å². The minimum Gasteiger partial charge on any atom is 0 e. The van der Waals surface area contributed by atoms with Crippen LogP contribution in [0.1, 0.15) is 60.5 Å². The third kappa shape index (κ3) is 7.19. The van der Waals surface area contributed by atoms with E-state index in [1.54, 1.807) is 0 Å². The largest absolute Gasteiger partial charge is 0 e. The Kier molecular flexibility index (Phi) is 9.91. The molecule has 3 heterocycles. The molecule has 265 valence electrons. The molecule has 4 nitrogen and oxygen atoms in total. The Morgan fingerprint density at radius 3 is 2.12 bits per heavy atom. The van der Waals surface area contributed by atoms with Gasteiger partial charge in [0, 0.05) is 31.2 Å². The van der Waals surface area contributed by atoms with E-state index >= 15 is 0 Å². The Balaban J connectivity index is 0.000000211. The molecule has 52 heavy (non-hydrogen) atoms. The summed E-state index contributed by atoms with van der Waals surface area (Å²) in [6.07, 6.45) is 0. The summed E-state index contributed by atoms with van der Waals surface area (Å²) in [6.45, 7) is 6.86. The number of aromatic nitrogens is 3. The third-order valence-corrected chi connectivity index (χ3v) is 13.6. The van der Waals surface area contributed by atoms with E-state index < -0.39 is 20.1 Å². The van der Waals surface area contributed by atoms with Crippen molar-refractivity contribution in [1.82, 2.24) is 14.5 Å². The molecule has 3 aromatic heterocycles. The number of pyridine rings is 1. The Morgan fingerprint density at radius 1 is 0.712 bits per heavy atom. The molecule has 0 spiro atoms. The number of imidazole rings is 1. The summed E-state index contributed by atoms with van der Waals surface area (Å²) in [7, 11) is 0. The zero-order chi connectivity index (χ0) is 38.4. The molecule has 0 bridgehead atoms. The number of benzene rings is 5. The number of hydrogen-bond acceptors (Lipinski definition) is 3. The van der Waals surface area contributed by atoms with Gasteiger partial charge >= 0.3 is 110 Å². The van der Waals surface area contributed by atoms with E-state index in [1.807, 2.05) is 60.7 Å². The second kappa shape index (κ2) is 15.4. The van der Waals surface area contributed by atoms with Crippen LogP contribution in [0.2, 0.25) is 17.3 Å². The van der Waals surface area contributed by atoms with Gasteiger partial charge in [-0.3, -0.25) is 4.98 Å². The molecule has 5 aromatic carbocycles. The number of nitrogens with zero attached hydrogens (tertiary/aromatic N) is 3. The molecule has 0 fully saturated rings. The van der Waals surface area contributed by atoms with Crippen LogP contribution in [0.5, 0.6) is 0 Å². The van der Waals surface area contributed by atoms with E-state index in [2.05, 4.69) is 121 Å². The quantitative estimate of drug-likeness (QED) is 0.123. The first-order chi connectivity index (χ1) is 25.7. The first-order valence-electron chi connectivity index (χ1n) is 19.2. The van der Waals surface area contributed by atoms with Gasteiger partial charge in [0.2, 0.25) is 0 Å². The topological polar surface area (TPSA) is 43.9 Å². The summed E-state index contributed by atoms with van der Waals surface area (Å²) < 4.78 is 32.9. The van der Waals surface area contributed by atoms with Crippen LogP contribution in [0.3, 0.4) is 0 Å². The molecule has 0 atom stereocenters. The smallest absolute Gasteiger partial charge is 0 e. The van der Waals surface area contributed by atoms with E-state index in [1.165, 1.54) is 16.8 Å². The summed E-state index contributed by atoms with van der Waals surface area (Å²) in [4.78, 5) is 9.59. The number of fused-ring (bicyclic) bond motifs is 4. The fourth-order valence-electron chi connectivity index (χ4n) is 6.81. The van der Waals surface area contributed by atoms with Gasteiger partial charge in [0.15, 0.2) is 0 Å². The molecule has 0 N–H and O–H groups in total. The first kappa shape index (κ1) is 33.5. The molecule has 0 aliphatic carbocycles. The van der Waals surface area contributed by atoms with Gasteiger partial charge in [-0.2, -0.15) is 0 Å². The first-order valence-corrected chi connectivity index (χ1v) is 25.0. The summed E-state index contributed by atoms with van der Waals surface area (Å²) >= 11 is -2.27. The van der Waals surface area contributed by atoms with Gasteiger partial charge in [-0.25, -0.2) is 0 Å². The second-order valence-corrected chi connectivity index (χ2v) is 25.2. The van der Waals surface area contributed by atoms with Crippen molar-refractivity contribution in [2.24, 2.45) is 0 Å². The van der Waals surface area contributed by atoms with E-state index in [-0.39, 0.29) is 25.8 Å². The average molecular weight is 924 g/mol. The van der Waals surface area contributed by atoms with Gasteiger partial charge in [-0.05, 0) is 41.2 Å². The van der Waals surface area contributed by atoms with Crippen molar-refractivity contribution in [3.63, 3.8) is 0 Å². The third-order valence-electron chi connectivity index (χ3n) is 9.38.